The minimum Gasteiger partial charge on any atom is -0.486 e. The SMILES string of the molecule is CC1(C)CCc2c(N3C(=O)[C@@H]4C(=O)CCN4C3=O)ccc(C#N)c2O1. The highest BCUT2D eigenvalue weighted by Crippen LogP contribution is 2.43. The lowest BCUT2D eigenvalue weighted by Gasteiger charge is -2.34. The Hall–Kier alpha value is -2.88. The lowest BCUT2D eigenvalue weighted by atomic mass is 9.91. The molecule has 2 fully saturated rings. The molecule has 0 bridgehead atoms. The number of ether oxygens (including phenoxy) is 1. The summed E-state index contributed by atoms with van der Waals surface area (Å²) >= 11 is 0. The number of Topliss-reactive ketones (excluding diaryl/α,β-unsaturated/α-hetero) is 1. The first kappa shape index (κ1) is 15.6. The summed E-state index contributed by atoms with van der Waals surface area (Å²) in [5.74, 6) is -0.305. The highest BCUT2D eigenvalue weighted by Gasteiger charge is 2.53. The highest BCUT2D eigenvalue weighted by molar-refractivity contribution is 6.29. The van der Waals surface area contributed by atoms with Gasteiger partial charge in [-0.2, -0.15) is 5.26 Å². The summed E-state index contributed by atoms with van der Waals surface area (Å²) in [6.45, 7) is 4.14. The Morgan fingerprint density at radius 1 is 1.24 bits per heavy atom. The summed E-state index contributed by atoms with van der Waals surface area (Å²) < 4.78 is 5.97. The van der Waals surface area contributed by atoms with E-state index in [2.05, 4.69) is 6.07 Å². The predicted octanol–water partition coefficient (Wildman–Crippen LogP) is 1.77. The fraction of sp³-hybridized carbons (Fsp3) is 0.444. The molecule has 0 N–H and O–H groups in total. The zero-order chi connectivity index (χ0) is 17.9. The Bertz CT molecular complexity index is 868. The molecular formula is C18H17N3O4. The smallest absolute Gasteiger partial charge is 0.332 e. The number of benzene rings is 1. The molecule has 3 aliphatic rings. The molecule has 3 heterocycles. The monoisotopic (exact) mass is 339 g/mol. The fourth-order valence-electron chi connectivity index (χ4n) is 3.74. The number of amides is 3. The zero-order valence-corrected chi connectivity index (χ0v) is 14.0. The number of urea groups is 1. The normalized spacial score (nSPS) is 24.0. The molecule has 0 radical (unpaired) electrons. The molecule has 4 rings (SSSR count). The zero-order valence-electron chi connectivity index (χ0n) is 14.0. The summed E-state index contributed by atoms with van der Waals surface area (Å²) in [6, 6.07) is 3.78. The lowest BCUT2D eigenvalue weighted by Crippen LogP contribution is -2.37. The van der Waals surface area contributed by atoms with Crippen LogP contribution < -0.4 is 9.64 Å². The molecule has 2 saturated heterocycles. The van der Waals surface area contributed by atoms with E-state index in [0.29, 0.717) is 35.4 Å². The van der Waals surface area contributed by atoms with E-state index < -0.39 is 23.6 Å². The number of ketones is 1. The summed E-state index contributed by atoms with van der Waals surface area (Å²) in [7, 11) is 0. The largest absolute Gasteiger partial charge is 0.486 e. The number of nitriles is 1. The van der Waals surface area contributed by atoms with Crippen molar-refractivity contribution in [2.24, 2.45) is 0 Å². The van der Waals surface area contributed by atoms with Gasteiger partial charge in [0.05, 0.1) is 11.3 Å². The van der Waals surface area contributed by atoms with Crippen LogP contribution in [0, 0.1) is 11.3 Å². The van der Waals surface area contributed by atoms with Gasteiger partial charge in [0.2, 0.25) is 0 Å². The fourth-order valence-corrected chi connectivity index (χ4v) is 3.74. The van der Waals surface area contributed by atoms with Gasteiger partial charge >= 0.3 is 6.03 Å². The number of carbonyl (C=O) groups excluding carboxylic acids is 3. The predicted molar refractivity (Wildman–Crippen MR) is 87.2 cm³/mol. The first-order chi connectivity index (χ1) is 11.8. The Kier molecular flexibility index (Phi) is 3.16. The molecule has 7 nitrogen and oxygen atoms in total. The number of carbonyl (C=O) groups is 3. The molecule has 3 aliphatic heterocycles. The molecule has 0 unspecified atom stereocenters. The average Bonchev–Trinajstić information content (AvgIpc) is 3.06. The molecule has 7 heteroatoms. The van der Waals surface area contributed by atoms with Crippen LogP contribution in [0.5, 0.6) is 5.75 Å². The maximum absolute atomic E-state index is 12.7. The van der Waals surface area contributed by atoms with Crippen LogP contribution in [0.25, 0.3) is 0 Å². The maximum Gasteiger partial charge on any atom is 0.332 e. The van der Waals surface area contributed by atoms with Crippen LogP contribution in [0.1, 0.15) is 37.8 Å². The number of nitrogens with zero attached hydrogens (tertiary/aromatic N) is 3. The summed E-state index contributed by atoms with van der Waals surface area (Å²) in [5, 5.41) is 9.36. The lowest BCUT2D eigenvalue weighted by molar-refractivity contribution is -0.127. The van der Waals surface area contributed by atoms with Gasteiger partial charge in [-0.15, -0.1) is 0 Å². The van der Waals surface area contributed by atoms with Crippen molar-refractivity contribution in [2.75, 3.05) is 11.4 Å². The van der Waals surface area contributed by atoms with Gasteiger partial charge in [-0.05, 0) is 38.8 Å². The van der Waals surface area contributed by atoms with Crippen LogP contribution in [0.2, 0.25) is 0 Å². The number of anilines is 1. The van der Waals surface area contributed by atoms with Gasteiger partial charge in [-0.1, -0.05) is 0 Å². The van der Waals surface area contributed by atoms with E-state index in [1.165, 1.54) is 4.90 Å². The van der Waals surface area contributed by atoms with Crippen molar-refractivity contribution < 1.29 is 19.1 Å². The molecule has 3 amide bonds. The third kappa shape index (κ3) is 2.14. The van der Waals surface area contributed by atoms with E-state index in [1.54, 1.807) is 12.1 Å². The Morgan fingerprint density at radius 3 is 2.68 bits per heavy atom. The van der Waals surface area contributed by atoms with E-state index in [1.807, 2.05) is 13.8 Å². The Morgan fingerprint density at radius 2 is 2.00 bits per heavy atom. The number of hydrogen-bond acceptors (Lipinski definition) is 5. The van der Waals surface area contributed by atoms with Crippen molar-refractivity contribution in [1.29, 1.82) is 5.26 Å². The molecule has 1 aromatic carbocycles. The second-order valence-corrected chi connectivity index (χ2v) is 7.18. The second kappa shape index (κ2) is 5.06. The van der Waals surface area contributed by atoms with E-state index >= 15 is 0 Å². The topological polar surface area (TPSA) is 90.7 Å². The van der Waals surface area contributed by atoms with E-state index in [9.17, 15) is 19.6 Å². The first-order valence-corrected chi connectivity index (χ1v) is 8.26. The van der Waals surface area contributed by atoms with Crippen LogP contribution in [0.4, 0.5) is 10.5 Å². The maximum atomic E-state index is 12.7. The van der Waals surface area contributed by atoms with Gasteiger partial charge < -0.3 is 9.64 Å². The highest BCUT2D eigenvalue weighted by atomic mass is 16.5. The van der Waals surface area contributed by atoms with Crippen molar-refractivity contribution in [3.8, 4) is 11.8 Å². The molecular weight excluding hydrogens is 322 g/mol. The number of fused-ring (bicyclic) bond motifs is 2. The Labute approximate surface area is 144 Å². The van der Waals surface area contributed by atoms with Crippen molar-refractivity contribution in [3.63, 3.8) is 0 Å². The van der Waals surface area contributed by atoms with Crippen LogP contribution in [-0.2, 0) is 16.0 Å². The van der Waals surface area contributed by atoms with Crippen molar-refractivity contribution in [2.45, 2.75) is 44.8 Å². The number of hydrogen-bond donors (Lipinski definition) is 0. The van der Waals surface area contributed by atoms with Gasteiger partial charge in [0, 0.05) is 18.5 Å². The van der Waals surface area contributed by atoms with E-state index in [-0.39, 0.29) is 18.7 Å². The van der Waals surface area contributed by atoms with Crippen molar-refractivity contribution in [3.05, 3.63) is 23.3 Å². The van der Waals surface area contributed by atoms with Crippen molar-refractivity contribution >= 4 is 23.4 Å². The molecule has 0 aliphatic carbocycles. The van der Waals surface area contributed by atoms with Crippen LogP contribution >= 0.6 is 0 Å². The minimum atomic E-state index is -1.00. The third-order valence-corrected chi connectivity index (χ3v) is 5.06. The van der Waals surface area contributed by atoms with Gasteiger partial charge in [0.1, 0.15) is 17.4 Å². The molecule has 1 aromatic rings. The summed E-state index contributed by atoms with van der Waals surface area (Å²) in [4.78, 5) is 39.7. The molecule has 1 atom stereocenters. The molecule has 0 spiro atoms. The summed E-state index contributed by atoms with van der Waals surface area (Å²) in [5.41, 5.74) is 1.05. The van der Waals surface area contributed by atoms with Gasteiger partial charge in [0.25, 0.3) is 5.91 Å². The molecule has 128 valence electrons. The number of rotatable bonds is 1. The van der Waals surface area contributed by atoms with Gasteiger partial charge in [-0.25, -0.2) is 9.69 Å². The second-order valence-electron chi connectivity index (χ2n) is 7.18. The van der Waals surface area contributed by atoms with Crippen molar-refractivity contribution in [1.82, 2.24) is 4.90 Å². The van der Waals surface area contributed by atoms with E-state index in [0.717, 1.165) is 4.90 Å². The van der Waals surface area contributed by atoms with Gasteiger partial charge in [-0.3, -0.25) is 9.59 Å². The van der Waals surface area contributed by atoms with Crippen LogP contribution in [0.15, 0.2) is 12.1 Å². The minimum absolute atomic E-state index is 0.221. The molecule has 25 heavy (non-hydrogen) atoms. The van der Waals surface area contributed by atoms with Crippen LogP contribution in [-0.4, -0.2) is 40.8 Å². The van der Waals surface area contributed by atoms with Crippen LogP contribution in [0.3, 0.4) is 0 Å². The third-order valence-electron chi connectivity index (χ3n) is 5.06. The first-order valence-electron chi connectivity index (χ1n) is 8.26. The Balaban J connectivity index is 1.83. The standard InChI is InChI=1S/C18H17N3O4/c1-18(2)7-5-11-12(4-3-10(9-19)15(11)25-18)21-16(23)14-13(22)6-8-20(14)17(21)24/h3-4,14H,5-8H2,1-2H3/t14-/m0/s1. The quantitative estimate of drug-likeness (QED) is 0.574. The average molecular weight is 339 g/mol. The van der Waals surface area contributed by atoms with E-state index in [4.69, 9.17) is 4.74 Å². The molecule has 0 aromatic heterocycles. The molecule has 0 saturated carbocycles. The number of imide groups is 1. The van der Waals surface area contributed by atoms with Gasteiger partial charge in [0.15, 0.2) is 11.8 Å². The summed E-state index contributed by atoms with van der Waals surface area (Å²) in [6.07, 6.45) is 1.51.